The molecular weight excluding hydrogens is 853 g/mol. The third-order valence-corrected chi connectivity index (χ3v) is 23.5. The molecule has 68 heavy (non-hydrogen) atoms. The van der Waals surface area contributed by atoms with E-state index in [0.29, 0.717) is 0 Å². The van der Waals surface area contributed by atoms with Gasteiger partial charge in [-0.3, -0.25) is 0 Å². The van der Waals surface area contributed by atoms with Crippen LogP contribution < -0.4 is 41.5 Å². The average Bonchev–Trinajstić information content (AvgIpc) is 3.43. The lowest BCUT2D eigenvalue weighted by Gasteiger charge is -2.34. The van der Waals surface area contributed by atoms with E-state index in [1.54, 1.807) is 0 Å². The van der Waals surface area contributed by atoms with Crippen molar-refractivity contribution in [2.24, 2.45) is 0 Å². The van der Waals surface area contributed by atoms with Crippen LogP contribution >= 0.6 is 0 Å². The van der Waals surface area contributed by atoms with E-state index in [9.17, 15) is 0 Å². The van der Waals surface area contributed by atoms with Gasteiger partial charge in [0.2, 0.25) is 0 Å². The van der Waals surface area contributed by atoms with Crippen LogP contribution in [0.2, 0.25) is 0 Å². The second-order valence-corrected chi connectivity index (χ2v) is 25.2. The van der Waals surface area contributed by atoms with Gasteiger partial charge in [-0.2, -0.15) is 0 Å². The Labute approximate surface area is 399 Å². The van der Waals surface area contributed by atoms with Gasteiger partial charge in [0.25, 0.3) is 0 Å². The van der Waals surface area contributed by atoms with Crippen LogP contribution in [-0.2, 0) is 0 Å². The Balaban J connectivity index is 1.01. The zero-order valence-corrected chi connectivity index (χ0v) is 39.5. The van der Waals surface area contributed by atoms with E-state index in [1.165, 1.54) is 41.5 Å². The van der Waals surface area contributed by atoms with E-state index in [-0.39, 0.29) is 0 Å². The Bertz CT molecular complexity index is 3260. The predicted molar refractivity (Wildman–Crippen MR) is 293 cm³/mol. The molecule has 0 atom stereocenters. The number of rotatable bonds is 10. The lowest BCUT2D eigenvalue weighted by atomic mass is 9.98. The summed E-state index contributed by atoms with van der Waals surface area (Å²) in [5.74, 6) is 0. The highest BCUT2D eigenvalue weighted by Crippen LogP contribution is 2.36. The molecule has 10 aromatic carbocycles. The zero-order chi connectivity index (χ0) is 45.3. The lowest BCUT2D eigenvalue weighted by Crippen LogP contribution is -2.74. The van der Waals surface area contributed by atoms with Crippen molar-refractivity contribution in [1.82, 2.24) is 9.97 Å². The minimum absolute atomic E-state index is 0.949. The van der Waals surface area contributed by atoms with Crippen molar-refractivity contribution in [3.8, 4) is 22.5 Å². The van der Waals surface area contributed by atoms with Gasteiger partial charge < -0.3 is 0 Å². The molecule has 320 valence electrons. The van der Waals surface area contributed by atoms with Crippen molar-refractivity contribution in [3.05, 3.63) is 279 Å². The van der Waals surface area contributed by atoms with Crippen molar-refractivity contribution < 1.29 is 0 Å². The van der Waals surface area contributed by atoms with Crippen molar-refractivity contribution >= 4 is 90.2 Å². The molecule has 0 aliphatic rings. The molecule has 0 saturated heterocycles. The van der Waals surface area contributed by atoms with E-state index in [2.05, 4.69) is 279 Å². The van der Waals surface area contributed by atoms with Gasteiger partial charge >= 0.3 is 0 Å². The van der Waals surface area contributed by atoms with Gasteiger partial charge in [-0.15, -0.1) is 0 Å². The summed E-state index contributed by atoms with van der Waals surface area (Å²) < 4.78 is 0. The SMILES string of the molecule is c1ccc([Si](c2ccccc2)(c2ccccc2)c2cccc(-c3ccc4c5ccc(-c6cccc([Si](c7ccccc7)(c7ccccc7)c7ccccc7)c6)nc5c5ccccc5c4n3)c2)cc1. The normalized spacial score (nSPS) is 11.8. The second-order valence-electron chi connectivity index (χ2n) is 17.6. The summed E-state index contributed by atoms with van der Waals surface area (Å²) in [6.07, 6.45) is 0. The van der Waals surface area contributed by atoms with Crippen LogP contribution in [0, 0.1) is 0 Å². The molecule has 2 aromatic heterocycles. The lowest BCUT2D eigenvalue weighted by molar-refractivity contribution is 1.40. The standard InChI is InChI=1S/C64H46N2Si2/c1-7-25-49(26-8-1)67(50-27-9-2-10-28-50,51-29-11-3-12-30-51)55-37-21-23-47(45-55)61-43-41-59-60-42-44-62(66-64(60)58-40-20-19-39-57(58)63(59)65-61)48-24-22-38-56(46-48)68(52-31-13-4-14-32-52,53-33-15-5-16-34-53)54-35-17-6-18-36-54/h1-46H. The van der Waals surface area contributed by atoms with E-state index in [4.69, 9.17) is 9.97 Å². The first-order valence-corrected chi connectivity index (χ1v) is 27.4. The Morgan fingerprint density at radius 2 is 0.456 bits per heavy atom. The monoisotopic (exact) mass is 898 g/mol. The van der Waals surface area contributed by atoms with E-state index < -0.39 is 16.1 Å². The highest BCUT2D eigenvalue weighted by molar-refractivity contribution is 7.20. The van der Waals surface area contributed by atoms with Gasteiger partial charge in [0.1, 0.15) is 0 Å². The van der Waals surface area contributed by atoms with E-state index in [1.807, 2.05) is 0 Å². The van der Waals surface area contributed by atoms with Crippen molar-refractivity contribution in [1.29, 1.82) is 0 Å². The molecule has 0 fully saturated rings. The third kappa shape index (κ3) is 6.84. The minimum atomic E-state index is -2.73. The number of hydrogen-bond acceptors (Lipinski definition) is 2. The number of aromatic nitrogens is 2. The largest absolute Gasteiger partial charge is 0.247 e. The summed E-state index contributed by atoms with van der Waals surface area (Å²) in [7, 11) is -5.46. The first-order valence-electron chi connectivity index (χ1n) is 23.4. The van der Waals surface area contributed by atoms with Gasteiger partial charge in [-0.25, -0.2) is 9.97 Å². The summed E-state index contributed by atoms with van der Waals surface area (Å²) in [5.41, 5.74) is 6.06. The molecular formula is C64H46N2Si2. The fourth-order valence-electron chi connectivity index (χ4n) is 10.9. The summed E-state index contributed by atoms with van der Waals surface area (Å²) >= 11 is 0. The van der Waals surface area contributed by atoms with Crippen LogP contribution in [0.25, 0.3) is 55.1 Å². The van der Waals surface area contributed by atoms with Crippen LogP contribution in [0.4, 0.5) is 0 Å². The topological polar surface area (TPSA) is 25.8 Å². The van der Waals surface area contributed by atoms with Crippen LogP contribution in [0.15, 0.2) is 279 Å². The molecule has 0 N–H and O–H groups in total. The average molecular weight is 899 g/mol. The zero-order valence-electron chi connectivity index (χ0n) is 37.5. The van der Waals surface area contributed by atoms with Gasteiger partial charge in [0, 0.05) is 32.7 Å². The number of fused-ring (bicyclic) bond motifs is 6. The van der Waals surface area contributed by atoms with Crippen molar-refractivity contribution in [3.63, 3.8) is 0 Å². The van der Waals surface area contributed by atoms with Gasteiger partial charge in [-0.1, -0.05) is 255 Å². The molecule has 0 unspecified atom stereocenters. The van der Waals surface area contributed by atoms with Crippen LogP contribution in [0.3, 0.4) is 0 Å². The number of nitrogens with zero attached hydrogens (tertiary/aromatic N) is 2. The van der Waals surface area contributed by atoms with Crippen molar-refractivity contribution in [2.75, 3.05) is 0 Å². The van der Waals surface area contributed by atoms with Crippen LogP contribution in [-0.4, -0.2) is 26.1 Å². The first kappa shape index (κ1) is 41.2. The molecule has 0 saturated carbocycles. The maximum atomic E-state index is 5.56. The summed E-state index contributed by atoms with van der Waals surface area (Å²) in [6, 6.07) is 103. The summed E-state index contributed by atoms with van der Waals surface area (Å²) in [6.45, 7) is 0. The highest BCUT2D eigenvalue weighted by Gasteiger charge is 2.42. The molecule has 0 aliphatic carbocycles. The summed E-state index contributed by atoms with van der Waals surface area (Å²) in [5, 5.41) is 15.1. The molecule has 0 bridgehead atoms. The Morgan fingerprint density at radius 1 is 0.206 bits per heavy atom. The quantitative estimate of drug-likeness (QED) is 0.0777. The maximum Gasteiger partial charge on any atom is 0.179 e. The smallest absolute Gasteiger partial charge is 0.179 e. The third-order valence-electron chi connectivity index (χ3n) is 13.9. The van der Waals surface area contributed by atoms with Crippen LogP contribution in [0.1, 0.15) is 0 Å². The van der Waals surface area contributed by atoms with Crippen molar-refractivity contribution in [2.45, 2.75) is 0 Å². The first-order chi connectivity index (χ1) is 33.7. The molecule has 12 rings (SSSR count). The fraction of sp³-hybridized carbons (Fsp3) is 0. The minimum Gasteiger partial charge on any atom is -0.247 e. The van der Waals surface area contributed by atoms with Gasteiger partial charge in [-0.05, 0) is 65.8 Å². The second kappa shape index (κ2) is 17.5. The molecule has 0 spiro atoms. The molecule has 0 aliphatic heterocycles. The maximum absolute atomic E-state index is 5.56. The Morgan fingerprint density at radius 3 is 0.750 bits per heavy atom. The molecule has 0 radical (unpaired) electrons. The molecule has 12 aromatic rings. The molecule has 2 nitrogen and oxygen atoms in total. The van der Waals surface area contributed by atoms with E-state index in [0.717, 1.165) is 55.1 Å². The van der Waals surface area contributed by atoms with Gasteiger partial charge in [0.15, 0.2) is 16.1 Å². The summed E-state index contributed by atoms with van der Waals surface area (Å²) in [4.78, 5) is 11.1. The highest BCUT2D eigenvalue weighted by atomic mass is 28.3. The molecule has 4 heteroatoms. The molecule has 0 amide bonds. The number of hydrogen-bond donors (Lipinski definition) is 0. The van der Waals surface area contributed by atoms with E-state index >= 15 is 0 Å². The Hall–Kier alpha value is -8.29. The number of benzene rings is 10. The predicted octanol–water partition coefficient (Wildman–Crippen LogP) is 10.0. The Kier molecular flexibility index (Phi) is 10.6. The van der Waals surface area contributed by atoms with Gasteiger partial charge in [0.05, 0.1) is 22.4 Å². The molecule has 2 heterocycles. The fourth-order valence-corrected chi connectivity index (χ4v) is 20.5. The number of pyridine rings is 2. The van der Waals surface area contributed by atoms with Crippen LogP contribution in [0.5, 0.6) is 0 Å².